The summed E-state index contributed by atoms with van der Waals surface area (Å²) in [6, 6.07) is 11.0. The van der Waals surface area contributed by atoms with Gasteiger partial charge in [-0.25, -0.2) is 0 Å². The van der Waals surface area contributed by atoms with Gasteiger partial charge >= 0.3 is 0 Å². The predicted molar refractivity (Wildman–Crippen MR) is 57.2 cm³/mol. The van der Waals surface area contributed by atoms with Crippen LogP contribution in [0, 0.1) is 0 Å². The first kappa shape index (κ1) is 9.33. The molecule has 0 saturated heterocycles. The molecule has 0 unspecified atom stereocenters. The molecule has 1 nitrogen and oxygen atoms in total. The fraction of sp³-hybridized carbons (Fsp3) is 0.400. The Hall–Kier alpha value is -0.763. The van der Waals surface area contributed by atoms with E-state index >= 15 is 0 Å². The third-order valence-corrected chi connectivity index (χ3v) is 5.03. The maximum absolute atomic E-state index is 5.62. The van der Waals surface area contributed by atoms with Crippen LogP contribution in [0.15, 0.2) is 24.3 Å². The summed E-state index contributed by atoms with van der Waals surface area (Å²) < 4.78 is 0. The number of hydrogen-bond donors (Lipinski definition) is 1. The summed E-state index contributed by atoms with van der Waals surface area (Å²) in [5.41, 5.74) is 6.49. The van der Waals surface area contributed by atoms with Crippen LogP contribution in [0.5, 0.6) is 0 Å². The second kappa shape index (κ2) is 4.31. The summed E-state index contributed by atoms with van der Waals surface area (Å²) in [5.74, 6) is 0. The topological polar surface area (TPSA) is 26.0 Å². The summed E-state index contributed by atoms with van der Waals surface area (Å²) in [4.78, 5) is 0. The van der Waals surface area contributed by atoms with Crippen LogP contribution in [0.25, 0.3) is 0 Å². The van der Waals surface area contributed by atoms with E-state index in [-0.39, 0.29) is 8.80 Å². The van der Waals surface area contributed by atoms with Gasteiger partial charge in [0.05, 0.1) is 8.80 Å². The highest BCUT2D eigenvalue weighted by molar-refractivity contribution is 6.73. The van der Waals surface area contributed by atoms with Crippen molar-refractivity contribution in [3.8, 4) is 0 Å². The molecule has 0 aliphatic rings. The Kier molecular flexibility index (Phi) is 3.35. The van der Waals surface area contributed by atoms with Crippen molar-refractivity contribution >= 4 is 19.7 Å². The third kappa shape index (κ3) is 2.11. The minimum atomic E-state index is -0.273. The van der Waals surface area contributed by atoms with E-state index in [1.807, 2.05) is 12.1 Å². The number of nitrogen functional groups attached to an aromatic ring is 1. The van der Waals surface area contributed by atoms with Crippen molar-refractivity contribution in [1.82, 2.24) is 0 Å². The van der Waals surface area contributed by atoms with Gasteiger partial charge in [0.1, 0.15) is 0 Å². The van der Waals surface area contributed by atoms with Crippen molar-refractivity contribution in [2.75, 3.05) is 5.73 Å². The van der Waals surface area contributed by atoms with Crippen LogP contribution in [0.4, 0.5) is 5.69 Å². The van der Waals surface area contributed by atoms with Crippen molar-refractivity contribution in [2.24, 2.45) is 0 Å². The average molecular weight is 178 g/mol. The van der Waals surface area contributed by atoms with Crippen LogP contribution in [0.2, 0.25) is 12.1 Å². The first-order valence-electron chi connectivity index (χ1n) is 4.48. The van der Waals surface area contributed by atoms with Gasteiger partial charge in [-0.1, -0.05) is 43.3 Å². The summed E-state index contributed by atoms with van der Waals surface area (Å²) in [5, 5.41) is 1.51. The van der Waals surface area contributed by atoms with Crippen LogP contribution >= 0.6 is 0 Å². The smallest absolute Gasteiger partial charge is 0.0850 e. The third-order valence-electron chi connectivity index (χ3n) is 2.17. The molecule has 1 radical (unpaired) electrons. The van der Waals surface area contributed by atoms with E-state index in [0.717, 1.165) is 5.69 Å². The van der Waals surface area contributed by atoms with Gasteiger partial charge in [-0.2, -0.15) is 0 Å². The van der Waals surface area contributed by atoms with Crippen LogP contribution < -0.4 is 10.9 Å². The average Bonchev–Trinajstić information content (AvgIpc) is 2.10. The van der Waals surface area contributed by atoms with Gasteiger partial charge < -0.3 is 5.73 Å². The largest absolute Gasteiger partial charge is 0.399 e. The molecule has 0 atom stereocenters. The van der Waals surface area contributed by atoms with E-state index in [2.05, 4.69) is 26.0 Å². The molecule has 0 fully saturated rings. The van der Waals surface area contributed by atoms with Gasteiger partial charge in [-0.05, 0) is 12.1 Å². The molecule has 12 heavy (non-hydrogen) atoms. The van der Waals surface area contributed by atoms with Gasteiger partial charge in [0.25, 0.3) is 0 Å². The van der Waals surface area contributed by atoms with Gasteiger partial charge in [0.15, 0.2) is 0 Å². The van der Waals surface area contributed by atoms with Crippen molar-refractivity contribution < 1.29 is 0 Å². The minimum Gasteiger partial charge on any atom is -0.399 e. The lowest BCUT2D eigenvalue weighted by molar-refractivity contribution is 1.33. The fourth-order valence-electron chi connectivity index (χ4n) is 1.38. The maximum atomic E-state index is 5.62. The normalized spacial score (nSPS) is 10.6. The molecular weight excluding hydrogens is 162 g/mol. The molecule has 1 rings (SSSR count). The van der Waals surface area contributed by atoms with E-state index in [9.17, 15) is 0 Å². The Morgan fingerprint density at radius 2 is 1.58 bits per heavy atom. The molecule has 1 aromatic rings. The van der Waals surface area contributed by atoms with Crippen molar-refractivity contribution in [3.63, 3.8) is 0 Å². The second-order valence-corrected chi connectivity index (χ2v) is 6.13. The number of nitrogens with two attached hydrogens (primary N) is 1. The number of hydrogen-bond acceptors (Lipinski definition) is 1. The van der Waals surface area contributed by atoms with Crippen LogP contribution in [-0.2, 0) is 0 Å². The number of benzene rings is 1. The van der Waals surface area contributed by atoms with Gasteiger partial charge in [-0.3, -0.25) is 0 Å². The zero-order chi connectivity index (χ0) is 8.97. The molecular formula is C10H16NSi. The standard InChI is InChI=1S/C10H16NSi/c1-3-12(4-2)10-7-5-9(11)6-8-10/h5-8H,3-4,11H2,1-2H3. The monoisotopic (exact) mass is 178 g/mol. The first-order valence-corrected chi connectivity index (χ1v) is 6.40. The van der Waals surface area contributed by atoms with Gasteiger partial charge in [0, 0.05) is 5.69 Å². The van der Waals surface area contributed by atoms with Crippen LogP contribution in [0.1, 0.15) is 13.8 Å². The molecule has 2 N–H and O–H groups in total. The molecule has 0 aromatic heterocycles. The van der Waals surface area contributed by atoms with Crippen LogP contribution in [0.3, 0.4) is 0 Å². The quantitative estimate of drug-likeness (QED) is 0.556. The molecule has 0 amide bonds. The Morgan fingerprint density at radius 1 is 1.08 bits per heavy atom. The Morgan fingerprint density at radius 3 is 2.00 bits per heavy atom. The second-order valence-electron chi connectivity index (χ2n) is 2.93. The Balaban J connectivity index is 2.80. The molecule has 65 valence electrons. The summed E-state index contributed by atoms with van der Waals surface area (Å²) in [7, 11) is -0.273. The minimum absolute atomic E-state index is 0.273. The molecule has 2 heteroatoms. The summed E-state index contributed by atoms with van der Waals surface area (Å²) in [6.07, 6.45) is 0. The molecule has 0 saturated carbocycles. The lowest BCUT2D eigenvalue weighted by Gasteiger charge is -2.09. The van der Waals surface area contributed by atoms with E-state index in [1.165, 1.54) is 17.3 Å². The first-order chi connectivity index (χ1) is 5.77. The molecule has 1 aromatic carbocycles. The fourth-order valence-corrected chi connectivity index (χ4v) is 3.33. The molecule has 0 spiro atoms. The highest BCUT2D eigenvalue weighted by Gasteiger charge is 2.07. The predicted octanol–water partition coefficient (Wildman–Crippen LogP) is 2.01. The highest BCUT2D eigenvalue weighted by atomic mass is 28.3. The zero-order valence-corrected chi connectivity index (χ0v) is 8.80. The highest BCUT2D eigenvalue weighted by Crippen LogP contribution is 2.02. The van der Waals surface area contributed by atoms with Gasteiger partial charge in [-0.15, -0.1) is 0 Å². The lowest BCUT2D eigenvalue weighted by Crippen LogP contribution is -2.27. The number of rotatable bonds is 3. The Labute approximate surface area is 76.2 Å². The lowest BCUT2D eigenvalue weighted by atomic mass is 10.3. The molecule has 0 aliphatic heterocycles. The van der Waals surface area contributed by atoms with E-state index in [4.69, 9.17) is 5.73 Å². The van der Waals surface area contributed by atoms with Crippen molar-refractivity contribution in [1.29, 1.82) is 0 Å². The van der Waals surface area contributed by atoms with Gasteiger partial charge in [0.2, 0.25) is 0 Å². The van der Waals surface area contributed by atoms with Crippen molar-refractivity contribution in [2.45, 2.75) is 25.9 Å². The molecule has 0 bridgehead atoms. The van der Waals surface area contributed by atoms with E-state index in [1.54, 1.807) is 0 Å². The summed E-state index contributed by atoms with van der Waals surface area (Å²) >= 11 is 0. The van der Waals surface area contributed by atoms with E-state index < -0.39 is 0 Å². The molecule has 0 aliphatic carbocycles. The van der Waals surface area contributed by atoms with E-state index in [0.29, 0.717) is 0 Å². The molecule has 0 heterocycles. The maximum Gasteiger partial charge on any atom is 0.0850 e. The summed E-state index contributed by atoms with van der Waals surface area (Å²) in [6.45, 7) is 4.54. The van der Waals surface area contributed by atoms with Crippen LogP contribution in [-0.4, -0.2) is 8.80 Å². The zero-order valence-electron chi connectivity index (χ0n) is 7.80. The van der Waals surface area contributed by atoms with Crippen molar-refractivity contribution in [3.05, 3.63) is 24.3 Å². The Bertz CT molecular complexity index is 226. The SMILES string of the molecule is CC[Si](CC)c1ccc(N)cc1. The number of anilines is 1.